The second-order valence-electron chi connectivity index (χ2n) is 7.75. The predicted octanol–water partition coefficient (Wildman–Crippen LogP) is 3.33. The molecule has 0 spiro atoms. The number of aromatic nitrogens is 4. The number of rotatable bonds is 4. The maximum atomic E-state index is 13.4. The van der Waals surface area contributed by atoms with Gasteiger partial charge in [-0.15, -0.1) is 0 Å². The smallest absolute Gasteiger partial charge is 0.312 e. The first kappa shape index (κ1) is 19.6. The van der Waals surface area contributed by atoms with Crippen molar-refractivity contribution in [2.75, 3.05) is 11.4 Å². The van der Waals surface area contributed by atoms with Crippen LogP contribution in [0.4, 0.5) is 11.6 Å². The molecule has 0 atom stereocenters. The highest BCUT2D eigenvalue weighted by atomic mass is 35.5. The van der Waals surface area contributed by atoms with Gasteiger partial charge in [-0.25, -0.2) is 4.79 Å². The maximum absolute atomic E-state index is 13.4. The number of hydrogen-bond acceptors (Lipinski definition) is 4. The molecule has 0 bridgehead atoms. The Kier molecular flexibility index (Phi) is 4.90. The Balaban J connectivity index is 1.62. The molecule has 3 heterocycles. The highest BCUT2D eigenvalue weighted by molar-refractivity contribution is 6.30. The molecule has 0 saturated heterocycles. The summed E-state index contributed by atoms with van der Waals surface area (Å²) >= 11 is 6.04. The van der Waals surface area contributed by atoms with Crippen LogP contribution in [0.25, 0.3) is 11.2 Å². The van der Waals surface area contributed by atoms with Crippen molar-refractivity contribution in [2.24, 2.45) is 7.05 Å². The summed E-state index contributed by atoms with van der Waals surface area (Å²) in [6, 6.07) is 17.4. The first-order valence-corrected chi connectivity index (χ1v) is 10.7. The van der Waals surface area contributed by atoms with Crippen molar-refractivity contribution in [3.8, 4) is 0 Å². The van der Waals surface area contributed by atoms with Gasteiger partial charge in [0.2, 0.25) is 5.95 Å². The number of hydrogen-bond donors (Lipinski definition) is 0. The van der Waals surface area contributed by atoms with E-state index in [1.165, 1.54) is 9.13 Å². The minimum absolute atomic E-state index is 0.286. The molecule has 8 heteroatoms. The minimum atomic E-state index is -0.345. The molecule has 0 N–H and O–H groups in total. The van der Waals surface area contributed by atoms with Crippen molar-refractivity contribution >= 4 is 34.4 Å². The Bertz CT molecular complexity index is 1370. The molecule has 2 aromatic heterocycles. The van der Waals surface area contributed by atoms with Crippen LogP contribution >= 0.6 is 11.6 Å². The molecule has 0 unspecified atom stereocenters. The van der Waals surface area contributed by atoms with Crippen LogP contribution in [0, 0.1) is 0 Å². The van der Waals surface area contributed by atoms with E-state index in [1.54, 1.807) is 7.05 Å². The zero-order valence-corrected chi connectivity index (χ0v) is 17.9. The van der Waals surface area contributed by atoms with Crippen LogP contribution in [0.15, 0.2) is 64.2 Å². The topological polar surface area (TPSA) is 65.1 Å². The summed E-state index contributed by atoms with van der Waals surface area (Å²) in [7, 11) is 1.68. The predicted molar refractivity (Wildman–Crippen MR) is 122 cm³/mol. The van der Waals surface area contributed by atoms with E-state index in [1.807, 2.05) is 59.2 Å². The Labute approximate surface area is 183 Å². The number of fused-ring (bicyclic) bond motifs is 3. The number of nitrogens with zero attached hydrogens (tertiary/aromatic N) is 5. The first-order chi connectivity index (χ1) is 15.0. The highest BCUT2D eigenvalue weighted by Crippen LogP contribution is 2.31. The number of imidazole rings is 1. The normalized spacial score (nSPS) is 13.5. The average Bonchev–Trinajstić information content (AvgIpc) is 3.19. The molecule has 0 fully saturated rings. The second kappa shape index (κ2) is 7.74. The molecule has 1 aliphatic heterocycles. The number of benzene rings is 2. The van der Waals surface area contributed by atoms with Crippen LogP contribution in [0.2, 0.25) is 5.02 Å². The first-order valence-electron chi connectivity index (χ1n) is 10.3. The molecule has 158 valence electrons. The van der Waals surface area contributed by atoms with Crippen molar-refractivity contribution in [1.29, 1.82) is 0 Å². The molecule has 4 aromatic rings. The molecule has 0 amide bonds. The molecule has 31 heavy (non-hydrogen) atoms. The number of halogens is 1. The van der Waals surface area contributed by atoms with Crippen LogP contribution in [0.3, 0.4) is 0 Å². The molecule has 0 aliphatic carbocycles. The summed E-state index contributed by atoms with van der Waals surface area (Å²) in [5, 5.41) is 0.665. The van der Waals surface area contributed by atoms with Gasteiger partial charge in [0.25, 0.3) is 5.56 Å². The van der Waals surface area contributed by atoms with Crippen molar-refractivity contribution in [2.45, 2.75) is 25.9 Å². The van der Waals surface area contributed by atoms with E-state index in [9.17, 15) is 9.59 Å². The van der Waals surface area contributed by atoms with Gasteiger partial charge in [0.1, 0.15) is 0 Å². The van der Waals surface area contributed by atoms with Crippen molar-refractivity contribution in [1.82, 2.24) is 18.7 Å². The van der Waals surface area contributed by atoms with E-state index in [4.69, 9.17) is 16.6 Å². The van der Waals surface area contributed by atoms with Crippen LogP contribution in [-0.4, -0.2) is 25.2 Å². The second-order valence-corrected chi connectivity index (χ2v) is 8.19. The zero-order chi connectivity index (χ0) is 21.5. The van der Waals surface area contributed by atoms with Gasteiger partial charge in [0, 0.05) is 37.4 Å². The summed E-state index contributed by atoms with van der Waals surface area (Å²) in [5.74, 6) is 0.677. The fraction of sp³-hybridized carbons (Fsp3) is 0.261. The van der Waals surface area contributed by atoms with Crippen LogP contribution in [0.5, 0.6) is 0 Å². The fourth-order valence-corrected chi connectivity index (χ4v) is 4.34. The third-order valence-electron chi connectivity index (χ3n) is 5.82. The Hall–Kier alpha value is -3.32. The summed E-state index contributed by atoms with van der Waals surface area (Å²) < 4.78 is 4.74. The van der Waals surface area contributed by atoms with Gasteiger partial charge in [-0.1, -0.05) is 41.9 Å². The molecule has 7 nitrogen and oxygen atoms in total. The van der Waals surface area contributed by atoms with Crippen LogP contribution < -0.4 is 16.1 Å². The van der Waals surface area contributed by atoms with Crippen molar-refractivity contribution in [3.63, 3.8) is 0 Å². The average molecular weight is 436 g/mol. The van der Waals surface area contributed by atoms with Gasteiger partial charge >= 0.3 is 5.69 Å². The molecule has 0 radical (unpaired) electrons. The highest BCUT2D eigenvalue weighted by Gasteiger charge is 2.26. The van der Waals surface area contributed by atoms with Gasteiger partial charge in [-0.2, -0.15) is 4.98 Å². The maximum Gasteiger partial charge on any atom is 0.332 e. The lowest BCUT2D eigenvalue weighted by molar-refractivity contribution is 0.585. The quantitative estimate of drug-likeness (QED) is 0.493. The Morgan fingerprint density at radius 3 is 2.48 bits per heavy atom. The van der Waals surface area contributed by atoms with Gasteiger partial charge in [0.15, 0.2) is 11.2 Å². The molecular weight excluding hydrogens is 414 g/mol. The van der Waals surface area contributed by atoms with E-state index in [0.717, 1.165) is 24.2 Å². The molecular formula is C23H22ClN5O2. The lowest BCUT2D eigenvalue weighted by atomic mass is 10.1. The van der Waals surface area contributed by atoms with Crippen LogP contribution in [0.1, 0.15) is 12.0 Å². The van der Waals surface area contributed by atoms with E-state index in [-0.39, 0.29) is 11.2 Å². The van der Waals surface area contributed by atoms with Crippen LogP contribution in [-0.2, 0) is 26.6 Å². The van der Waals surface area contributed by atoms with Crippen molar-refractivity contribution in [3.05, 3.63) is 86.0 Å². The lowest BCUT2D eigenvalue weighted by Gasteiger charge is -2.29. The van der Waals surface area contributed by atoms with Gasteiger partial charge in [0.05, 0.1) is 0 Å². The summed E-state index contributed by atoms with van der Waals surface area (Å²) in [5.41, 5.74) is 2.30. The number of anilines is 2. The molecule has 1 aliphatic rings. The Morgan fingerprint density at radius 2 is 1.74 bits per heavy atom. The van der Waals surface area contributed by atoms with Gasteiger partial charge < -0.3 is 9.47 Å². The number of aryl methyl sites for hydroxylation is 3. The summed E-state index contributed by atoms with van der Waals surface area (Å²) in [4.78, 5) is 33.2. The third-order valence-corrected chi connectivity index (χ3v) is 6.07. The SMILES string of the molecule is Cn1c(=O)n(CCc2ccccc2)c(=O)c2c1nc1n2CCCN1c1ccc(Cl)cc1. The zero-order valence-electron chi connectivity index (χ0n) is 17.2. The largest absolute Gasteiger partial charge is 0.332 e. The fourth-order valence-electron chi connectivity index (χ4n) is 4.21. The van der Waals surface area contributed by atoms with E-state index < -0.39 is 0 Å². The monoisotopic (exact) mass is 435 g/mol. The molecule has 2 aromatic carbocycles. The van der Waals surface area contributed by atoms with E-state index >= 15 is 0 Å². The molecule has 0 saturated carbocycles. The van der Waals surface area contributed by atoms with E-state index in [0.29, 0.717) is 41.6 Å². The summed E-state index contributed by atoms with van der Waals surface area (Å²) in [6.07, 6.45) is 1.48. The minimum Gasteiger partial charge on any atom is -0.312 e. The summed E-state index contributed by atoms with van der Waals surface area (Å²) in [6.45, 7) is 1.79. The van der Waals surface area contributed by atoms with Gasteiger partial charge in [-0.3, -0.25) is 13.9 Å². The standard InChI is InChI=1S/C23H22ClN5O2/c1-26-20-19(21(30)29(23(26)31)15-12-16-6-3-2-4-7-16)28-14-5-13-27(22(28)25-20)18-10-8-17(24)9-11-18/h2-4,6-11H,5,12-15H2,1H3. The van der Waals surface area contributed by atoms with Crippen molar-refractivity contribution < 1.29 is 0 Å². The third kappa shape index (κ3) is 3.35. The van der Waals surface area contributed by atoms with Gasteiger partial charge in [-0.05, 0) is 42.7 Å². The molecule has 5 rings (SSSR count). The lowest BCUT2D eigenvalue weighted by Crippen LogP contribution is -2.40. The Morgan fingerprint density at radius 1 is 1.00 bits per heavy atom. The van der Waals surface area contributed by atoms with E-state index in [2.05, 4.69) is 4.90 Å².